The quantitative estimate of drug-likeness (QED) is 0.851. The van der Waals surface area contributed by atoms with E-state index in [-0.39, 0.29) is 12.4 Å². The van der Waals surface area contributed by atoms with Crippen LogP contribution in [0.3, 0.4) is 0 Å². The standard InChI is InChI=1S/C13H27N3O2S.ClH/c1-11-8-12(2)10-16(9-11)19(17,18)15-6-4-13(14-3)5-7-15;/h11-14H,4-10H2,1-3H3;1H. The highest BCUT2D eigenvalue weighted by Crippen LogP contribution is 2.26. The molecular formula is C13H28ClN3O2S. The lowest BCUT2D eigenvalue weighted by Crippen LogP contribution is -2.52. The summed E-state index contributed by atoms with van der Waals surface area (Å²) >= 11 is 0. The number of halogens is 1. The fraction of sp³-hybridized carbons (Fsp3) is 1.00. The van der Waals surface area contributed by atoms with Gasteiger partial charge in [-0.1, -0.05) is 13.8 Å². The van der Waals surface area contributed by atoms with Gasteiger partial charge in [-0.05, 0) is 38.1 Å². The highest BCUT2D eigenvalue weighted by molar-refractivity contribution is 7.86. The van der Waals surface area contributed by atoms with E-state index in [1.54, 1.807) is 8.61 Å². The molecule has 2 rings (SSSR count). The highest BCUT2D eigenvalue weighted by atomic mass is 35.5. The molecule has 0 aliphatic carbocycles. The lowest BCUT2D eigenvalue weighted by atomic mass is 9.94. The van der Waals surface area contributed by atoms with Crippen LogP contribution in [0.15, 0.2) is 0 Å². The van der Waals surface area contributed by atoms with E-state index >= 15 is 0 Å². The lowest BCUT2D eigenvalue weighted by Gasteiger charge is -2.39. The van der Waals surface area contributed by atoms with Gasteiger partial charge in [0.1, 0.15) is 0 Å². The van der Waals surface area contributed by atoms with Crippen LogP contribution >= 0.6 is 12.4 Å². The molecule has 2 heterocycles. The first-order valence-corrected chi connectivity index (χ1v) is 8.75. The molecule has 1 N–H and O–H groups in total. The number of piperidine rings is 2. The van der Waals surface area contributed by atoms with Crippen LogP contribution in [0.1, 0.15) is 33.1 Å². The first-order chi connectivity index (χ1) is 8.93. The van der Waals surface area contributed by atoms with Gasteiger partial charge in [0.15, 0.2) is 0 Å². The van der Waals surface area contributed by atoms with Crippen molar-refractivity contribution < 1.29 is 8.42 Å². The van der Waals surface area contributed by atoms with Crippen molar-refractivity contribution in [3.8, 4) is 0 Å². The van der Waals surface area contributed by atoms with Gasteiger partial charge in [-0.15, -0.1) is 12.4 Å². The maximum Gasteiger partial charge on any atom is 0.281 e. The minimum Gasteiger partial charge on any atom is -0.317 e. The molecule has 0 aromatic rings. The Hall–Kier alpha value is 0.120. The molecule has 2 unspecified atom stereocenters. The average Bonchev–Trinajstić information content (AvgIpc) is 2.37. The second-order valence-electron chi connectivity index (χ2n) is 6.23. The van der Waals surface area contributed by atoms with Gasteiger partial charge < -0.3 is 5.32 Å². The average molecular weight is 326 g/mol. The number of nitrogens with zero attached hydrogens (tertiary/aromatic N) is 2. The molecule has 5 nitrogen and oxygen atoms in total. The van der Waals surface area contributed by atoms with Crippen molar-refractivity contribution in [2.45, 2.75) is 39.2 Å². The van der Waals surface area contributed by atoms with Crippen LogP contribution in [0.2, 0.25) is 0 Å². The summed E-state index contributed by atoms with van der Waals surface area (Å²) in [6, 6.07) is 0.464. The summed E-state index contributed by atoms with van der Waals surface area (Å²) in [5.74, 6) is 0.932. The molecule has 0 bridgehead atoms. The van der Waals surface area contributed by atoms with Crippen molar-refractivity contribution in [3.63, 3.8) is 0 Å². The predicted molar refractivity (Wildman–Crippen MR) is 84.3 cm³/mol. The molecule has 0 aromatic heterocycles. The molecule has 2 fully saturated rings. The third kappa shape index (κ3) is 4.07. The van der Waals surface area contributed by atoms with Gasteiger partial charge in [-0.2, -0.15) is 17.0 Å². The van der Waals surface area contributed by atoms with E-state index in [4.69, 9.17) is 0 Å². The van der Waals surface area contributed by atoms with Gasteiger partial charge in [0.25, 0.3) is 10.2 Å². The molecule has 0 saturated carbocycles. The van der Waals surface area contributed by atoms with Crippen molar-refractivity contribution in [1.82, 2.24) is 13.9 Å². The molecular weight excluding hydrogens is 298 g/mol. The molecule has 0 radical (unpaired) electrons. The Morgan fingerprint density at radius 1 is 1.00 bits per heavy atom. The maximum absolute atomic E-state index is 12.7. The largest absolute Gasteiger partial charge is 0.317 e. The molecule has 2 saturated heterocycles. The number of hydrogen-bond donors (Lipinski definition) is 1. The molecule has 0 spiro atoms. The summed E-state index contributed by atoms with van der Waals surface area (Å²) in [5, 5.41) is 3.23. The molecule has 20 heavy (non-hydrogen) atoms. The fourth-order valence-corrected chi connectivity index (χ4v) is 5.22. The molecule has 120 valence electrons. The summed E-state index contributed by atoms with van der Waals surface area (Å²) < 4.78 is 28.7. The Kier molecular flexibility index (Phi) is 6.73. The second-order valence-corrected chi connectivity index (χ2v) is 8.16. The van der Waals surface area contributed by atoms with E-state index in [9.17, 15) is 8.42 Å². The Bertz CT molecular complexity index is 386. The van der Waals surface area contributed by atoms with Crippen molar-refractivity contribution >= 4 is 22.6 Å². The van der Waals surface area contributed by atoms with E-state index in [0.29, 0.717) is 44.1 Å². The van der Waals surface area contributed by atoms with Crippen molar-refractivity contribution in [1.29, 1.82) is 0 Å². The van der Waals surface area contributed by atoms with Crippen molar-refractivity contribution in [2.24, 2.45) is 11.8 Å². The maximum atomic E-state index is 12.7. The van der Waals surface area contributed by atoms with Crippen LogP contribution in [0, 0.1) is 11.8 Å². The Labute approximate surface area is 129 Å². The van der Waals surface area contributed by atoms with Gasteiger partial charge >= 0.3 is 0 Å². The summed E-state index contributed by atoms with van der Waals surface area (Å²) in [6.45, 7) is 6.94. The molecule has 2 aliphatic heterocycles. The number of nitrogens with one attached hydrogen (secondary N) is 1. The van der Waals surface area contributed by atoms with Crippen LogP contribution in [0.25, 0.3) is 0 Å². The van der Waals surface area contributed by atoms with E-state index in [0.717, 1.165) is 19.3 Å². The molecule has 2 atom stereocenters. The molecule has 2 aliphatic rings. The Morgan fingerprint density at radius 2 is 1.50 bits per heavy atom. The van der Waals surface area contributed by atoms with E-state index < -0.39 is 10.2 Å². The van der Waals surface area contributed by atoms with Crippen LogP contribution < -0.4 is 5.32 Å². The normalized spacial score (nSPS) is 30.9. The summed E-state index contributed by atoms with van der Waals surface area (Å²) in [4.78, 5) is 0. The molecule has 0 amide bonds. The monoisotopic (exact) mass is 325 g/mol. The van der Waals surface area contributed by atoms with Crippen molar-refractivity contribution in [2.75, 3.05) is 33.2 Å². The fourth-order valence-electron chi connectivity index (χ4n) is 3.33. The summed E-state index contributed by atoms with van der Waals surface area (Å²) in [6.07, 6.45) is 2.96. The zero-order valence-corrected chi connectivity index (χ0v) is 14.3. The van der Waals surface area contributed by atoms with Crippen LogP contribution in [0.5, 0.6) is 0 Å². The van der Waals surface area contributed by atoms with Gasteiger partial charge in [0, 0.05) is 32.2 Å². The molecule has 0 aromatic carbocycles. The van der Waals surface area contributed by atoms with Crippen molar-refractivity contribution in [3.05, 3.63) is 0 Å². The Morgan fingerprint density at radius 3 is 1.95 bits per heavy atom. The first-order valence-electron chi connectivity index (χ1n) is 7.36. The van der Waals surface area contributed by atoms with E-state index in [2.05, 4.69) is 19.2 Å². The smallest absolute Gasteiger partial charge is 0.281 e. The highest BCUT2D eigenvalue weighted by Gasteiger charge is 2.36. The van der Waals surface area contributed by atoms with Gasteiger partial charge in [0.05, 0.1) is 0 Å². The topological polar surface area (TPSA) is 52.7 Å². The third-order valence-corrected chi connectivity index (χ3v) is 6.32. The van der Waals surface area contributed by atoms with Crippen LogP contribution in [-0.4, -0.2) is 56.3 Å². The summed E-state index contributed by atoms with van der Waals surface area (Å²) in [5.41, 5.74) is 0. The zero-order chi connectivity index (χ0) is 14.0. The number of hydrogen-bond acceptors (Lipinski definition) is 3. The predicted octanol–water partition coefficient (Wildman–Crippen LogP) is 1.31. The SMILES string of the molecule is CNC1CCN(S(=O)(=O)N2CC(C)CC(C)C2)CC1.Cl. The van der Waals surface area contributed by atoms with E-state index in [1.165, 1.54) is 0 Å². The van der Waals surface area contributed by atoms with Crippen LogP contribution in [-0.2, 0) is 10.2 Å². The minimum absolute atomic E-state index is 0. The van der Waals surface area contributed by atoms with Gasteiger partial charge in [-0.3, -0.25) is 0 Å². The van der Waals surface area contributed by atoms with Crippen LogP contribution in [0.4, 0.5) is 0 Å². The Balaban J connectivity index is 0.00000200. The first kappa shape index (κ1) is 18.2. The van der Waals surface area contributed by atoms with E-state index in [1.807, 2.05) is 7.05 Å². The lowest BCUT2D eigenvalue weighted by molar-refractivity contribution is 0.200. The molecule has 7 heteroatoms. The zero-order valence-electron chi connectivity index (χ0n) is 12.7. The van der Waals surface area contributed by atoms with Gasteiger partial charge in [-0.25, -0.2) is 0 Å². The van der Waals surface area contributed by atoms with Gasteiger partial charge in [0.2, 0.25) is 0 Å². The number of rotatable bonds is 3. The second kappa shape index (κ2) is 7.40. The summed E-state index contributed by atoms with van der Waals surface area (Å²) in [7, 11) is -1.30. The minimum atomic E-state index is -3.24. The third-order valence-electron chi connectivity index (χ3n) is 4.35.